The molecule has 23 heavy (non-hydrogen) atoms. The Morgan fingerprint density at radius 2 is 1.22 bits per heavy atom. The molecule has 3 aromatic rings. The van der Waals surface area contributed by atoms with Crippen LogP contribution in [0, 0.1) is 0 Å². The van der Waals surface area contributed by atoms with E-state index < -0.39 is 0 Å². The van der Waals surface area contributed by atoms with Crippen LogP contribution in [0.25, 0.3) is 22.4 Å². The van der Waals surface area contributed by atoms with Crippen molar-refractivity contribution in [2.75, 3.05) is 5.73 Å². The van der Waals surface area contributed by atoms with E-state index in [1.54, 1.807) is 30.3 Å². The number of hydrogen-bond donors (Lipinski definition) is 1. The summed E-state index contributed by atoms with van der Waals surface area (Å²) in [6.45, 7) is 0. The van der Waals surface area contributed by atoms with Crippen LogP contribution in [0.4, 0.5) is 5.82 Å². The van der Waals surface area contributed by atoms with Crippen LogP contribution in [0.3, 0.4) is 0 Å². The molecule has 2 aromatic carbocycles. The van der Waals surface area contributed by atoms with Gasteiger partial charge in [0, 0.05) is 11.1 Å². The summed E-state index contributed by atoms with van der Waals surface area (Å²) in [7, 11) is 0. The van der Waals surface area contributed by atoms with E-state index in [1.807, 2.05) is 18.2 Å². The van der Waals surface area contributed by atoms with E-state index in [0.29, 0.717) is 31.6 Å². The second-order valence-electron chi connectivity index (χ2n) is 4.89. The lowest BCUT2D eigenvalue weighted by Gasteiger charge is -2.11. The third-order valence-electron chi connectivity index (χ3n) is 3.34. The maximum atomic E-state index is 6.12. The van der Waals surface area contributed by atoms with E-state index in [2.05, 4.69) is 4.98 Å². The van der Waals surface area contributed by atoms with Crippen LogP contribution in [0.15, 0.2) is 48.5 Å². The van der Waals surface area contributed by atoms with Crippen molar-refractivity contribution < 1.29 is 0 Å². The third-order valence-corrected chi connectivity index (χ3v) is 4.82. The van der Waals surface area contributed by atoms with Gasteiger partial charge in [0.15, 0.2) is 0 Å². The number of nitrogen functional groups attached to an aromatic ring is 1. The highest BCUT2D eigenvalue weighted by molar-refractivity contribution is 6.42. The molecule has 0 amide bonds. The van der Waals surface area contributed by atoms with Crippen molar-refractivity contribution in [3.05, 3.63) is 68.6 Å². The molecule has 0 radical (unpaired) electrons. The summed E-state index contributed by atoms with van der Waals surface area (Å²) >= 11 is 24.2. The van der Waals surface area contributed by atoms with Gasteiger partial charge in [-0.1, -0.05) is 58.5 Å². The van der Waals surface area contributed by atoms with Crippen molar-refractivity contribution in [1.29, 1.82) is 0 Å². The number of hydrogen-bond acceptors (Lipinski definition) is 2. The Morgan fingerprint density at radius 1 is 0.652 bits per heavy atom. The summed E-state index contributed by atoms with van der Waals surface area (Å²) < 4.78 is 0. The summed E-state index contributed by atoms with van der Waals surface area (Å²) in [5.74, 6) is 0.412. The van der Waals surface area contributed by atoms with Gasteiger partial charge in [-0.15, -0.1) is 0 Å². The van der Waals surface area contributed by atoms with Crippen molar-refractivity contribution in [2.45, 2.75) is 0 Å². The lowest BCUT2D eigenvalue weighted by Crippen LogP contribution is -1.95. The number of nitrogens with two attached hydrogens (primary N) is 1. The molecule has 0 aliphatic rings. The normalized spacial score (nSPS) is 10.8. The fraction of sp³-hybridized carbons (Fsp3) is 0. The van der Waals surface area contributed by atoms with E-state index in [1.165, 1.54) is 0 Å². The Morgan fingerprint density at radius 3 is 1.83 bits per heavy atom. The molecule has 2 N–H and O–H groups in total. The summed E-state index contributed by atoms with van der Waals surface area (Å²) in [5.41, 5.74) is 9.11. The number of anilines is 1. The predicted molar refractivity (Wildman–Crippen MR) is 99.6 cm³/mol. The zero-order chi connectivity index (χ0) is 16.6. The van der Waals surface area contributed by atoms with E-state index in [0.717, 1.165) is 16.7 Å². The van der Waals surface area contributed by atoms with Crippen LogP contribution in [0.1, 0.15) is 0 Å². The fourth-order valence-electron chi connectivity index (χ4n) is 2.23. The minimum absolute atomic E-state index is 0.412. The smallest absolute Gasteiger partial charge is 0.124 e. The monoisotopic (exact) mass is 382 g/mol. The summed E-state index contributed by atoms with van der Waals surface area (Å²) in [6.07, 6.45) is 0. The lowest BCUT2D eigenvalue weighted by atomic mass is 9.99. The van der Waals surface area contributed by atoms with Crippen molar-refractivity contribution in [1.82, 2.24) is 4.98 Å². The van der Waals surface area contributed by atoms with Crippen LogP contribution in [0.2, 0.25) is 20.1 Å². The minimum atomic E-state index is 0.412. The van der Waals surface area contributed by atoms with E-state index in [4.69, 9.17) is 52.1 Å². The maximum Gasteiger partial charge on any atom is 0.124 e. The number of halogens is 4. The molecule has 6 heteroatoms. The van der Waals surface area contributed by atoms with E-state index in [9.17, 15) is 0 Å². The van der Waals surface area contributed by atoms with Crippen molar-refractivity contribution in [2.24, 2.45) is 0 Å². The molecule has 116 valence electrons. The number of aromatic nitrogens is 1. The molecule has 0 saturated heterocycles. The molecule has 0 bridgehead atoms. The first-order valence-corrected chi connectivity index (χ1v) is 8.14. The maximum absolute atomic E-state index is 6.12. The molecule has 3 rings (SSSR count). The summed E-state index contributed by atoms with van der Waals surface area (Å²) in [4.78, 5) is 4.44. The first kappa shape index (κ1) is 16.4. The molecular formula is C17H10Cl4N2. The average Bonchev–Trinajstić information content (AvgIpc) is 2.53. The number of pyridine rings is 1. The van der Waals surface area contributed by atoms with Gasteiger partial charge in [0.05, 0.1) is 25.8 Å². The molecule has 0 fully saturated rings. The number of nitrogens with zero attached hydrogens (tertiary/aromatic N) is 1. The third kappa shape index (κ3) is 3.41. The van der Waals surface area contributed by atoms with Crippen LogP contribution < -0.4 is 5.73 Å². The SMILES string of the molecule is Nc1ccc(-c2ccc(Cl)c(Cl)c2)c(-c2ccc(Cl)c(Cl)c2)n1. The Bertz CT molecular complexity index is 894. The van der Waals surface area contributed by atoms with Crippen molar-refractivity contribution in [3.8, 4) is 22.4 Å². The Labute approximate surface area is 153 Å². The van der Waals surface area contributed by atoms with Gasteiger partial charge in [0.2, 0.25) is 0 Å². The largest absolute Gasteiger partial charge is 0.384 e. The first-order valence-electron chi connectivity index (χ1n) is 6.63. The second kappa shape index (κ2) is 6.58. The molecule has 0 saturated carbocycles. The van der Waals surface area contributed by atoms with Crippen LogP contribution >= 0.6 is 46.4 Å². The quantitative estimate of drug-likeness (QED) is 0.540. The molecule has 1 heterocycles. The fourth-order valence-corrected chi connectivity index (χ4v) is 2.83. The standard InChI is InChI=1S/C17H10Cl4N2/c18-12-4-1-9(7-14(12)20)11-3-6-16(22)23-17(11)10-2-5-13(19)15(21)8-10/h1-8H,(H2,22,23). The van der Waals surface area contributed by atoms with Gasteiger partial charge in [0.25, 0.3) is 0 Å². The molecule has 0 aliphatic carbocycles. The highest BCUT2D eigenvalue weighted by atomic mass is 35.5. The molecule has 0 atom stereocenters. The van der Waals surface area contributed by atoms with Gasteiger partial charge in [-0.3, -0.25) is 0 Å². The highest BCUT2D eigenvalue weighted by Gasteiger charge is 2.12. The van der Waals surface area contributed by atoms with E-state index in [-0.39, 0.29) is 0 Å². The first-order chi connectivity index (χ1) is 11.0. The Balaban J connectivity index is 2.21. The van der Waals surface area contributed by atoms with Gasteiger partial charge >= 0.3 is 0 Å². The molecule has 2 nitrogen and oxygen atoms in total. The topological polar surface area (TPSA) is 38.9 Å². The van der Waals surface area contributed by atoms with Gasteiger partial charge < -0.3 is 5.73 Å². The van der Waals surface area contributed by atoms with Crippen LogP contribution in [0.5, 0.6) is 0 Å². The van der Waals surface area contributed by atoms with Crippen molar-refractivity contribution in [3.63, 3.8) is 0 Å². The van der Waals surface area contributed by atoms with Crippen LogP contribution in [-0.2, 0) is 0 Å². The number of rotatable bonds is 2. The van der Waals surface area contributed by atoms with Gasteiger partial charge in [-0.05, 0) is 42.0 Å². The summed E-state index contributed by atoms with van der Waals surface area (Å²) in [6, 6.07) is 14.4. The predicted octanol–water partition coefficient (Wildman–Crippen LogP) is 6.61. The van der Waals surface area contributed by atoms with Gasteiger partial charge in [0.1, 0.15) is 5.82 Å². The zero-order valence-corrected chi connectivity index (χ0v) is 14.7. The molecule has 1 aromatic heterocycles. The minimum Gasteiger partial charge on any atom is -0.384 e. The summed E-state index contributed by atoms with van der Waals surface area (Å²) in [5, 5.41) is 1.90. The zero-order valence-electron chi connectivity index (χ0n) is 11.7. The van der Waals surface area contributed by atoms with Crippen molar-refractivity contribution >= 4 is 52.2 Å². The Hall–Kier alpha value is -1.45. The molecule has 0 aliphatic heterocycles. The lowest BCUT2D eigenvalue weighted by molar-refractivity contribution is 1.33. The molecule has 0 spiro atoms. The van der Waals surface area contributed by atoms with E-state index >= 15 is 0 Å². The average molecular weight is 384 g/mol. The highest BCUT2D eigenvalue weighted by Crippen LogP contribution is 2.36. The Kier molecular flexibility index (Phi) is 4.69. The second-order valence-corrected chi connectivity index (χ2v) is 6.52. The van der Waals surface area contributed by atoms with Crippen LogP contribution in [-0.4, -0.2) is 4.98 Å². The van der Waals surface area contributed by atoms with Gasteiger partial charge in [-0.25, -0.2) is 4.98 Å². The van der Waals surface area contributed by atoms with Gasteiger partial charge in [-0.2, -0.15) is 0 Å². The molecule has 0 unspecified atom stereocenters. The number of benzene rings is 2. The molecular weight excluding hydrogens is 374 g/mol.